The molecular formula is C10H15N3O2. The quantitative estimate of drug-likeness (QED) is 0.801. The van der Waals surface area contributed by atoms with Crippen LogP contribution in [0.2, 0.25) is 0 Å². The summed E-state index contributed by atoms with van der Waals surface area (Å²) in [5, 5.41) is 0. The smallest absolute Gasteiger partial charge is 0.223 e. The molecule has 1 aliphatic rings. The number of nitrogens with zero attached hydrogens (tertiary/aromatic N) is 2. The largest absolute Gasteiger partial charge is 0.475 e. The predicted octanol–water partition coefficient (Wildman–Crippen LogP) is 0.925. The molecule has 5 nitrogen and oxygen atoms in total. The highest BCUT2D eigenvalue weighted by Crippen LogP contribution is 2.17. The van der Waals surface area contributed by atoms with Gasteiger partial charge >= 0.3 is 0 Å². The molecule has 1 aromatic rings. The zero-order valence-corrected chi connectivity index (χ0v) is 8.77. The van der Waals surface area contributed by atoms with Gasteiger partial charge in [0.05, 0.1) is 6.10 Å². The zero-order chi connectivity index (χ0) is 10.7. The van der Waals surface area contributed by atoms with Crippen molar-refractivity contribution in [3.63, 3.8) is 0 Å². The van der Waals surface area contributed by atoms with Crippen LogP contribution in [0.5, 0.6) is 5.88 Å². The number of rotatable bonds is 3. The van der Waals surface area contributed by atoms with Crippen LogP contribution in [-0.2, 0) is 4.74 Å². The number of ether oxygens (including phenoxy) is 2. The lowest BCUT2D eigenvalue weighted by atomic mass is 10.2. The predicted molar refractivity (Wildman–Crippen MR) is 55.7 cm³/mol. The van der Waals surface area contributed by atoms with Gasteiger partial charge in [-0.05, 0) is 19.8 Å². The molecule has 1 atom stereocenters. The Morgan fingerprint density at radius 2 is 2.53 bits per heavy atom. The van der Waals surface area contributed by atoms with Gasteiger partial charge in [0, 0.05) is 18.4 Å². The van der Waals surface area contributed by atoms with Gasteiger partial charge in [0.1, 0.15) is 6.61 Å². The van der Waals surface area contributed by atoms with E-state index in [0.717, 1.165) is 25.0 Å². The second-order valence-electron chi connectivity index (χ2n) is 3.66. The first-order valence-electron chi connectivity index (χ1n) is 5.09. The first kappa shape index (κ1) is 10.2. The van der Waals surface area contributed by atoms with Crippen molar-refractivity contribution >= 4 is 5.95 Å². The van der Waals surface area contributed by atoms with Crippen LogP contribution < -0.4 is 10.5 Å². The van der Waals surface area contributed by atoms with Crippen molar-refractivity contribution in [3.05, 3.63) is 11.8 Å². The van der Waals surface area contributed by atoms with Gasteiger partial charge in [0.15, 0.2) is 0 Å². The molecule has 5 heteroatoms. The van der Waals surface area contributed by atoms with E-state index in [1.807, 2.05) is 6.92 Å². The van der Waals surface area contributed by atoms with Crippen molar-refractivity contribution < 1.29 is 9.47 Å². The van der Waals surface area contributed by atoms with Crippen LogP contribution in [0.3, 0.4) is 0 Å². The normalized spacial score (nSPS) is 20.5. The minimum Gasteiger partial charge on any atom is -0.475 e. The highest BCUT2D eigenvalue weighted by Gasteiger charge is 2.16. The number of hydrogen-bond donors (Lipinski definition) is 1. The van der Waals surface area contributed by atoms with Crippen molar-refractivity contribution in [3.8, 4) is 5.88 Å². The summed E-state index contributed by atoms with van der Waals surface area (Å²) in [5.74, 6) is 0.793. The van der Waals surface area contributed by atoms with Gasteiger partial charge < -0.3 is 15.2 Å². The van der Waals surface area contributed by atoms with Crippen molar-refractivity contribution in [2.75, 3.05) is 18.9 Å². The van der Waals surface area contributed by atoms with Crippen LogP contribution in [0.25, 0.3) is 0 Å². The third-order valence-electron chi connectivity index (χ3n) is 2.37. The van der Waals surface area contributed by atoms with Gasteiger partial charge in [0.25, 0.3) is 0 Å². The molecule has 1 aromatic heterocycles. The lowest BCUT2D eigenvalue weighted by Gasteiger charge is -2.12. The molecule has 1 saturated heterocycles. The third-order valence-corrected chi connectivity index (χ3v) is 2.37. The number of anilines is 1. The van der Waals surface area contributed by atoms with Crippen LogP contribution in [0, 0.1) is 6.92 Å². The van der Waals surface area contributed by atoms with E-state index >= 15 is 0 Å². The van der Waals surface area contributed by atoms with Crippen LogP contribution in [-0.4, -0.2) is 29.3 Å². The van der Waals surface area contributed by atoms with E-state index in [1.165, 1.54) is 0 Å². The Hall–Kier alpha value is -1.36. The highest BCUT2D eigenvalue weighted by atomic mass is 16.5. The Labute approximate surface area is 88.6 Å². The number of nitrogen functional groups attached to an aromatic ring is 1. The van der Waals surface area contributed by atoms with E-state index in [-0.39, 0.29) is 12.1 Å². The molecule has 0 aliphatic carbocycles. The topological polar surface area (TPSA) is 70.3 Å². The Kier molecular flexibility index (Phi) is 3.01. The summed E-state index contributed by atoms with van der Waals surface area (Å²) in [5.41, 5.74) is 6.37. The minimum absolute atomic E-state index is 0.195. The third kappa shape index (κ3) is 2.56. The molecule has 2 rings (SSSR count). The fourth-order valence-corrected chi connectivity index (χ4v) is 1.53. The molecule has 0 amide bonds. The molecule has 15 heavy (non-hydrogen) atoms. The van der Waals surface area contributed by atoms with Gasteiger partial charge in [-0.1, -0.05) is 0 Å². The first-order chi connectivity index (χ1) is 7.25. The fourth-order valence-electron chi connectivity index (χ4n) is 1.53. The van der Waals surface area contributed by atoms with Crippen molar-refractivity contribution in [1.29, 1.82) is 0 Å². The number of hydrogen-bond acceptors (Lipinski definition) is 5. The van der Waals surface area contributed by atoms with Crippen LogP contribution >= 0.6 is 0 Å². The summed E-state index contributed by atoms with van der Waals surface area (Å²) < 4.78 is 11.0. The first-order valence-corrected chi connectivity index (χ1v) is 5.09. The lowest BCUT2D eigenvalue weighted by molar-refractivity contribution is 0.0661. The van der Waals surface area contributed by atoms with Gasteiger partial charge in [-0.3, -0.25) is 0 Å². The van der Waals surface area contributed by atoms with Crippen LogP contribution in [0.1, 0.15) is 18.4 Å². The molecule has 0 radical (unpaired) electrons. The molecule has 0 spiro atoms. The minimum atomic E-state index is 0.195. The maximum Gasteiger partial charge on any atom is 0.223 e. The standard InChI is InChI=1S/C10H15N3O2/c1-7-5-12-10(11)13-9(7)15-6-8-3-2-4-14-8/h5,8H,2-4,6H2,1H3,(H2,11,12,13). The molecule has 1 aliphatic heterocycles. The molecule has 0 saturated carbocycles. The molecule has 1 unspecified atom stereocenters. The van der Waals surface area contributed by atoms with Gasteiger partial charge in [-0.15, -0.1) is 0 Å². The summed E-state index contributed by atoms with van der Waals surface area (Å²) in [6.45, 7) is 3.26. The SMILES string of the molecule is Cc1cnc(N)nc1OCC1CCCO1. The molecule has 1 fully saturated rings. The van der Waals surface area contributed by atoms with Gasteiger partial charge in [-0.2, -0.15) is 4.98 Å². The van der Waals surface area contributed by atoms with E-state index in [1.54, 1.807) is 6.20 Å². The number of aryl methyl sites for hydroxylation is 1. The van der Waals surface area contributed by atoms with E-state index in [0.29, 0.717) is 12.5 Å². The lowest BCUT2D eigenvalue weighted by Crippen LogP contribution is -2.17. The Morgan fingerprint density at radius 3 is 3.27 bits per heavy atom. The van der Waals surface area contributed by atoms with Crippen molar-refractivity contribution in [2.45, 2.75) is 25.9 Å². The van der Waals surface area contributed by atoms with Crippen molar-refractivity contribution in [2.24, 2.45) is 0 Å². The Balaban J connectivity index is 1.94. The average Bonchev–Trinajstić information content (AvgIpc) is 2.72. The molecule has 82 valence electrons. The Bertz CT molecular complexity index is 337. The number of aromatic nitrogens is 2. The van der Waals surface area contributed by atoms with E-state index in [9.17, 15) is 0 Å². The summed E-state index contributed by atoms with van der Waals surface area (Å²) >= 11 is 0. The van der Waals surface area contributed by atoms with Crippen LogP contribution in [0.4, 0.5) is 5.95 Å². The molecule has 0 aromatic carbocycles. The molecule has 2 heterocycles. The number of nitrogens with two attached hydrogens (primary N) is 1. The monoisotopic (exact) mass is 209 g/mol. The molecule has 0 bridgehead atoms. The van der Waals surface area contributed by atoms with Gasteiger partial charge in [-0.25, -0.2) is 4.98 Å². The summed E-state index contributed by atoms with van der Waals surface area (Å²) in [6.07, 6.45) is 4.02. The Morgan fingerprint density at radius 1 is 1.67 bits per heavy atom. The van der Waals surface area contributed by atoms with E-state index in [2.05, 4.69) is 9.97 Å². The van der Waals surface area contributed by atoms with E-state index in [4.69, 9.17) is 15.2 Å². The van der Waals surface area contributed by atoms with Gasteiger partial charge in [0.2, 0.25) is 11.8 Å². The van der Waals surface area contributed by atoms with E-state index < -0.39 is 0 Å². The maximum atomic E-state index is 5.55. The second-order valence-corrected chi connectivity index (χ2v) is 3.66. The van der Waals surface area contributed by atoms with Crippen molar-refractivity contribution in [1.82, 2.24) is 9.97 Å². The highest BCUT2D eigenvalue weighted by molar-refractivity contribution is 5.28. The zero-order valence-electron chi connectivity index (χ0n) is 8.77. The molecule has 2 N–H and O–H groups in total. The maximum absolute atomic E-state index is 5.55. The summed E-state index contributed by atoms with van der Waals surface area (Å²) in [4.78, 5) is 7.90. The average molecular weight is 209 g/mol. The van der Waals surface area contributed by atoms with Crippen LogP contribution in [0.15, 0.2) is 6.20 Å². The fraction of sp³-hybridized carbons (Fsp3) is 0.600. The summed E-state index contributed by atoms with van der Waals surface area (Å²) in [7, 11) is 0. The second kappa shape index (κ2) is 4.44. The molecular weight excluding hydrogens is 194 g/mol. The summed E-state index contributed by atoms with van der Waals surface area (Å²) in [6, 6.07) is 0.